The molecular formula is C14H21NO3S. The molecule has 4 rings (SSSR count). The molecule has 3 aliphatic rings. The number of thiazole rings is 1. The largest absolute Gasteiger partial charge is 0.326 e. The molecule has 0 radical (unpaired) electrons. The van der Waals surface area contributed by atoms with Gasteiger partial charge >= 0.3 is 0 Å². The molecule has 106 valence electrons. The van der Waals surface area contributed by atoms with Crippen molar-refractivity contribution in [1.82, 2.24) is 4.98 Å². The van der Waals surface area contributed by atoms with Gasteiger partial charge in [-0.2, -0.15) is 0 Å². The molecular weight excluding hydrogens is 262 g/mol. The lowest BCUT2D eigenvalue weighted by Gasteiger charge is -2.53. The molecule has 4 nitrogen and oxygen atoms in total. The van der Waals surface area contributed by atoms with E-state index in [1.807, 2.05) is 11.6 Å². The van der Waals surface area contributed by atoms with Crippen molar-refractivity contribution in [1.29, 1.82) is 0 Å². The third kappa shape index (κ3) is 2.44. The van der Waals surface area contributed by atoms with Crippen LogP contribution in [0.3, 0.4) is 0 Å². The van der Waals surface area contributed by atoms with E-state index in [1.165, 1.54) is 0 Å². The van der Waals surface area contributed by atoms with Gasteiger partial charge in [0.25, 0.3) is 5.97 Å². The van der Waals surface area contributed by atoms with Crippen molar-refractivity contribution in [2.75, 3.05) is 19.8 Å². The Balaban J connectivity index is 1.87. The van der Waals surface area contributed by atoms with E-state index in [0.717, 1.165) is 11.4 Å². The van der Waals surface area contributed by atoms with Crippen LogP contribution in [0.4, 0.5) is 0 Å². The number of aromatic nitrogens is 1. The van der Waals surface area contributed by atoms with Gasteiger partial charge in [-0.3, -0.25) is 0 Å². The van der Waals surface area contributed by atoms with E-state index in [-0.39, 0.29) is 11.3 Å². The SMILES string of the molecule is CC(C)CC(c1nccs1)C12OCC(C)(CO1)CO2. The van der Waals surface area contributed by atoms with Crippen LogP contribution >= 0.6 is 11.3 Å². The van der Waals surface area contributed by atoms with Crippen LogP contribution in [0.1, 0.15) is 38.1 Å². The molecule has 0 spiro atoms. The Hall–Kier alpha value is -0.490. The zero-order valence-corrected chi connectivity index (χ0v) is 12.5. The summed E-state index contributed by atoms with van der Waals surface area (Å²) in [6.45, 7) is 8.64. The summed E-state index contributed by atoms with van der Waals surface area (Å²) in [5, 5.41) is 3.04. The fourth-order valence-corrected chi connectivity index (χ4v) is 3.44. The zero-order valence-electron chi connectivity index (χ0n) is 11.7. The summed E-state index contributed by atoms with van der Waals surface area (Å²) >= 11 is 1.65. The van der Waals surface area contributed by atoms with E-state index < -0.39 is 5.97 Å². The van der Waals surface area contributed by atoms with Crippen LogP contribution in [-0.2, 0) is 14.2 Å². The Bertz CT molecular complexity index is 407. The molecule has 0 N–H and O–H groups in total. The molecule has 1 unspecified atom stereocenters. The average Bonchev–Trinajstić information content (AvgIpc) is 2.91. The maximum atomic E-state index is 5.98. The second-order valence-electron chi connectivity index (χ2n) is 6.33. The summed E-state index contributed by atoms with van der Waals surface area (Å²) in [5.74, 6) is -0.327. The molecule has 0 amide bonds. The highest BCUT2D eigenvalue weighted by Crippen LogP contribution is 2.47. The van der Waals surface area contributed by atoms with E-state index in [1.54, 1.807) is 11.3 Å². The van der Waals surface area contributed by atoms with Gasteiger partial charge in [0.05, 0.1) is 25.7 Å². The molecule has 0 aromatic carbocycles. The fourth-order valence-electron chi connectivity index (χ4n) is 2.65. The van der Waals surface area contributed by atoms with Gasteiger partial charge in [0, 0.05) is 17.0 Å². The Kier molecular flexibility index (Phi) is 3.41. The molecule has 3 saturated heterocycles. The van der Waals surface area contributed by atoms with Crippen LogP contribution in [0.5, 0.6) is 0 Å². The third-order valence-electron chi connectivity index (χ3n) is 3.75. The number of hydrogen-bond acceptors (Lipinski definition) is 5. The van der Waals surface area contributed by atoms with Gasteiger partial charge in [-0.1, -0.05) is 20.8 Å². The predicted octanol–water partition coefficient (Wildman–Crippen LogP) is 3.01. The van der Waals surface area contributed by atoms with Crippen LogP contribution < -0.4 is 0 Å². The molecule has 1 aromatic rings. The molecule has 3 fully saturated rings. The topological polar surface area (TPSA) is 40.6 Å². The van der Waals surface area contributed by atoms with Gasteiger partial charge in [-0.05, 0) is 12.3 Å². The van der Waals surface area contributed by atoms with Gasteiger partial charge in [-0.25, -0.2) is 4.98 Å². The van der Waals surface area contributed by atoms with Crippen molar-refractivity contribution in [2.45, 2.75) is 39.1 Å². The molecule has 0 aliphatic carbocycles. The number of nitrogens with zero attached hydrogens (tertiary/aromatic N) is 1. The molecule has 19 heavy (non-hydrogen) atoms. The van der Waals surface area contributed by atoms with Gasteiger partial charge in [0.15, 0.2) is 0 Å². The quantitative estimate of drug-likeness (QED) is 0.851. The van der Waals surface area contributed by atoms with Gasteiger partial charge in [-0.15, -0.1) is 11.3 Å². The smallest absolute Gasteiger partial charge is 0.292 e. The first-order valence-corrected chi connectivity index (χ1v) is 7.72. The molecule has 4 heterocycles. The monoisotopic (exact) mass is 283 g/mol. The lowest BCUT2D eigenvalue weighted by molar-refractivity contribution is -0.474. The van der Waals surface area contributed by atoms with Gasteiger partial charge in [0.2, 0.25) is 0 Å². The van der Waals surface area contributed by atoms with Crippen molar-refractivity contribution in [3.8, 4) is 0 Å². The van der Waals surface area contributed by atoms with Gasteiger partial charge in [0.1, 0.15) is 5.01 Å². The lowest BCUT2D eigenvalue weighted by Crippen LogP contribution is -2.61. The van der Waals surface area contributed by atoms with Crippen molar-refractivity contribution in [3.05, 3.63) is 16.6 Å². The van der Waals surface area contributed by atoms with E-state index in [9.17, 15) is 0 Å². The second-order valence-corrected chi connectivity index (χ2v) is 7.26. The van der Waals surface area contributed by atoms with Crippen LogP contribution in [0, 0.1) is 11.3 Å². The van der Waals surface area contributed by atoms with Crippen LogP contribution in [0.2, 0.25) is 0 Å². The minimum absolute atomic E-state index is 0.00695. The van der Waals surface area contributed by atoms with E-state index in [2.05, 4.69) is 25.8 Å². The molecule has 0 saturated carbocycles. The van der Waals surface area contributed by atoms with Crippen molar-refractivity contribution < 1.29 is 14.2 Å². The summed E-state index contributed by atoms with van der Waals surface area (Å²) < 4.78 is 17.9. The summed E-state index contributed by atoms with van der Waals surface area (Å²) in [6, 6.07) is 0. The van der Waals surface area contributed by atoms with Crippen LogP contribution in [0.25, 0.3) is 0 Å². The number of ether oxygens (including phenoxy) is 3. The van der Waals surface area contributed by atoms with Crippen LogP contribution in [-0.4, -0.2) is 30.8 Å². The molecule has 1 atom stereocenters. The number of hydrogen-bond donors (Lipinski definition) is 0. The Morgan fingerprint density at radius 2 is 1.89 bits per heavy atom. The average molecular weight is 283 g/mol. The molecule has 3 aliphatic heterocycles. The minimum Gasteiger partial charge on any atom is -0.326 e. The first kappa shape index (κ1) is 13.5. The maximum absolute atomic E-state index is 5.98. The zero-order chi connectivity index (χ0) is 13.5. The van der Waals surface area contributed by atoms with E-state index >= 15 is 0 Å². The van der Waals surface area contributed by atoms with Crippen molar-refractivity contribution in [3.63, 3.8) is 0 Å². The highest BCUT2D eigenvalue weighted by atomic mass is 32.1. The van der Waals surface area contributed by atoms with Crippen molar-refractivity contribution >= 4 is 11.3 Å². The second kappa shape index (κ2) is 4.81. The van der Waals surface area contributed by atoms with Crippen LogP contribution in [0.15, 0.2) is 11.6 Å². The fraction of sp³-hybridized carbons (Fsp3) is 0.786. The number of fused-ring (bicyclic) bond motifs is 3. The first-order chi connectivity index (χ1) is 9.03. The maximum Gasteiger partial charge on any atom is 0.292 e. The number of rotatable bonds is 4. The predicted molar refractivity (Wildman–Crippen MR) is 73.0 cm³/mol. The summed E-state index contributed by atoms with van der Waals surface area (Å²) in [5.41, 5.74) is 0.00695. The molecule has 5 heteroatoms. The molecule has 2 bridgehead atoms. The lowest BCUT2D eigenvalue weighted by atomic mass is 9.88. The Morgan fingerprint density at radius 3 is 2.37 bits per heavy atom. The van der Waals surface area contributed by atoms with E-state index in [0.29, 0.717) is 25.7 Å². The normalized spacial score (nSPS) is 35.8. The minimum atomic E-state index is -0.917. The van der Waals surface area contributed by atoms with Crippen molar-refractivity contribution in [2.24, 2.45) is 11.3 Å². The van der Waals surface area contributed by atoms with E-state index in [4.69, 9.17) is 14.2 Å². The summed E-state index contributed by atoms with van der Waals surface area (Å²) in [4.78, 5) is 4.45. The Labute approximate surface area is 118 Å². The standard InChI is InChI=1S/C14H21NO3S/c1-10(2)6-11(12-15-4-5-19-12)14-16-7-13(3,8-17-14)9-18-14/h4-5,10-11H,6-9H2,1-3H3. The summed E-state index contributed by atoms with van der Waals surface area (Å²) in [7, 11) is 0. The molecule has 1 aromatic heterocycles. The highest BCUT2D eigenvalue weighted by Gasteiger charge is 2.55. The van der Waals surface area contributed by atoms with Gasteiger partial charge < -0.3 is 14.2 Å². The third-order valence-corrected chi connectivity index (χ3v) is 4.64. The summed E-state index contributed by atoms with van der Waals surface area (Å²) in [6.07, 6.45) is 2.78. The Morgan fingerprint density at radius 1 is 1.26 bits per heavy atom. The highest BCUT2D eigenvalue weighted by molar-refractivity contribution is 7.09. The first-order valence-electron chi connectivity index (χ1n) is 6.84.